The lowest BCUT2D eigenvalue weighted by atomic mass is 10.0. The van der Waals surface area contributed by atoms with E-state index in [1.165, 1.54) is 18.4 Å². The van der Waals surface area contributed by atoms with Crippen LogP contribution in [0.25, 0.3) is 0 Å². The maximum Gasteiger partial charge on any atom is 0.133 e. The number of rotatable bonds is 5. The largest absolute Gasteiger partial charge is 0.492 e. The molecule has 1 aliphatic rings. The molecule has 1 aromatic carbocycles. The molecule has 16 heavy (non-hydrogen) atoms. The first-order valence-electron chi connectivity index (χ1n) is 5.83. The first kappa shape index (κ1) is 11.9. The van der Waals surface area contributed by atoms with Crippen LogP contribution < -0.4 is 10.5 Å². The van der Waals surface area contributed by atoms with Gasteiger partial charge in [0.25, 0.3) is 0 Å². The second-order valence-electron chi connectivity index (χ2n) is 4.58. The first-order chi connectivity index (χ1) is 7.70. The average Bonchev–Trinajstić information content (AvgIpc) is 3.11. The van der Waals surface area contributed by atoms with Crippen LogP contribution in [0.4, 0.5) is 0 Å². The minimum Gasteiger partial charge on any atom is -0.492 e. The molecule has 0 bridgehead atoms. The van der Waals surface area contributed by atoms with E-state index in [0.717, 1.165) is 22.7 Å². The van der Waals surface area contributed by atoms with Crippen molar-refractivity contribution in [2.75, 3.05) is 13.2 Å². The van der Waals surface area contributed by atoms with Crippen molar-refractivity contribution in [3.63, 3.8) is 0 Å². The van der Waals surface area contributed by atoms with E-state index in [0.29, 0.717) is 12.5 Å². The fourth-order valence-corrected chi connectivity index (χ4v) is 1.93. The average molecular weight is 284 g/mol. The zero-order chi connectivity index (χ0) is 11.5. The molecule has 88 valence electrons. The van der Waals surface area contributed by atoms with Crippen LogP contribution in [0.3, 0.4) is 0 Å². The highest BCUT2D eigenvalue weighted by molar-refractivity contribution is 9.10. The van der Waals surface area contributed by atoms with Crippen molar-refractivity contribution >= 4 is 15.9 Å². The fraction of sp³-hybridized carbons (Fsp3) is 0.538. The molecule has 2 nitrogen and oxygen atoms in total. The van der Waals surface area contributed by atoms with Gasteiger partial charge >= 0.3 is 0 Å². The highest BCUT2D eigenvalue weighted by Crippen LogP contribution is 2.33. The summed E-state index contributed by atoms with van der Waals surface area (Å²) in [4.78, 5) is 0. The fourth-order valence-electron chi connectivity index (χ4n) is 1.57. The van der Waals surface area contributed by atoms with Gasteiger partial charge in [-0.2, -0.15) is 0 Å². The summed E-state index contributed by atoms with van der Waals surface area (Å²) in [6.45, 7) is 3.65. The third-order valence-electron chi connectivity index (χ3n) is 3.05. The third kappa shape index (κ3) is 2.98. The van der Waals surface area contributed by atoms with Crippen LogP contribution in [0, 0.1) is 5.92 Å². The zero-order valence-corrected chi connectivity index (χ0v) is 11.2. The number of halogens is 1. The Morgan fingerprint density at radius 1 is 1.50 bits per heavy atom. The molecule has 0 spiro atoms. The third-order valence-corrected chi connectivity index (χ3v) is 3.70. The summed E-state index contributed by atoms with van der Waals surface area (Å²) in [6, 6.07) is 6.25. The van der Waals surface area contributed by atoms with Gasteiger partial charge in [0, 0.05) is 0 Å². The Morgan fingerprint density at radius 2 is 2.25 bits per heavy atom. The van der Waals surface area contributed by atoms with Crippen molar-refractivity contribution in [1.29, 1.82) is 0 Å². The maximum atomic E-state index is 5.81. The predicted octanol–water partition coefficient (Wildman–Crippen LogP) is 3.30. The van der Waals surface area contributed by atoms with Gasteiger partial charge in [-0.15, -0.1) is 0 Å². The van der Waals surface area contributed by atoms with Gasteiger partial charge in [-0.05, 0) is 64.8 Å². The van der Waals surface area contributed by atoms with Crippen LogP contribution in [-0.2, 0) is 0 Å². The summed E-state index contributed by atoms with van der Waals surface area (Å²) < 4.78 is 6.84. The quantitative estimate of drug-likeness (QED) is 0.900. The van der Waals surface area contributed by atoms with Crippen molar-refractivity contribution < 1.29 is 4.74 Å². The van der Waals surface area contributed by atoms with Crippen LogP contribution >= 0.6 is 15.9 Å². The van der Waals surface area contributed by atoms with Crippen LogP contribution in [0.2, 0.25) is 0 Å². The summed E-state index contributed by atoms with van der Waals surface area (Å²) in [7, 11) is 0. The van der Waals surface area contributed by atoms with Gasteiger partial charge in [0.15, 0.2) is 0 Å². The van der Waals surface area contributed by atoms with E-state index in [2.05, 4.69) is 35.0 Å². The number of ether oxygens (including phenoxy) is 1. The van der Waals surface area contributed by atoms with Crippen LogP contribution in [0.1, 0.15) is 31.2 Å². The standard InChI is InChI=1S/C13H18BrNO/c1-9(7-15)11-4-5-12(14)13(6-11)16-8-10-2-3-10/h4-6,9-10H,2-3,7-8,15H2,1H3. The number of benzene rings is 1. The predicted molar refractivity (Wildman–Crippen MR) is 69.8 cm³/mol. The normalized spacial score (nSPS) is 17.2. The van der Waals surface area contributed by atoms with E-state index in [1.54, 1.807) is 0 Å². The molecule has 1 aromatic rings. The Bertz CT molecular complexity index is 363. The Hall–Kier alpha value is -0.540. The molecule has 1 aliphatic carbocycles. The van der Waals surface area contributed by atoms with Crippen LogP contribution in [-0.4, -0.2) is 13.2 Å². The van der Waals surface area contributed by atoms with E-state index >= 15 is 0 Å². The van der Waals surface area contributed by atoms with E-state index in [1.807, 2.05) is 6.07 Å². The Balaban J connectivity index is 2.07. The molecule has 0 amide bonds. The van der Waals surface area contributed by atoms with Crippen molar-refractivity contribution in [2.45, 2.75) is 25.7 Å². The second-order valence-corrected chi connectivity index (χ2v) is 5.44. The van der Waals surface area contributed by atoms with Gasteiger partial charge in [0.1, 0.15) is 5.75 Å². The molecule has 0 aliphatic heterocycles. The van der Waals surface area contributed by atoms with E-state index in [4.69, 9.17) is 10.5 Å². The maximum absolute atomic E-state index is 5.81. The molecule has 0 heterocycles. The first-order valence-corrected chi connectivity index (χ1v) is 6.62. The molecular weight excluding hydrogens is 266 g/mol. The molecule has 2 N–H and O–H groups in total. The van der Waals surface area contributed by atoms with Crippen molar-refractivity contribution in [3.05, 3.63) is 28.2 Å². The lowest BCUT2D eigenvalue weighted by Gasteiger charge is -2.13. The minimum atomic E-state index is 0.386. The number of hydrogen-bond acceptors (Lipinski definition) is 2. The lowest BCUT2D eigenvalue weighted by molar-refractivity contribution is 0.297. The SMILES string of the molecule is CC(CN)c1ccc(Br)c(OCC2CC2)c1. The van der Waals surface area contributed by atoms with E-state index in [-0.39, 0.29) is 0 Å². The molecule has 1 saturated carbocycles. The van der Waals surface area contributed by atoms with Crippen LogP contribution in [0.5, 0.6) is 5.75 Å². The van der Waals surface area contributed by atoms with Gasteiger partial charge in [0.05, 0.1) is 11.1 Å². The van der Waals surface area contributed by atoms with Crippen molar-refractivity contribution in [1.82, 2.24) is 0 Å². The molecule has 3 heteroatoms. The molecule has 2 rings (SSSR count). The van der Waals surface area contributed by atoms with Crippen LogP contribution in [0.15, 0.2) is 22.7 Å². The van der Waals surface area contributed by atoms with Gasteiger partial charge in [-0.1, -0.05) is 13.0 Å². The topological polar surface area (TPSA) is 35.2 Å². The Kier molecular flexibility index (Phi) is 3.87. The van der Waals surface area contributed by atoms with Crippen molar-refractivity contribution in [3.8, 4) is 5.75 Å². The number of hydrogen-bond donors (Lipinski definition) is 1. The van der Waals surface area contributed by atoms with E-state index < -0.39 is 0 Å². The Labute approximate surface area is 105 Å². The summed E-state index contributed by atoms with van der Waals surface area (Å²) in [6.07, 6.45) is 2.63. The van der Waals surface area contributed by atoms with E-state index in [9.17, 15) is 0 Å². The summed E-state index contributed by atoms with van der Waals surface area (Å²) in [5, 5.41) is 0. The highest BCUT2D eigenvalue weighted by atomic mass is 79.9. The van der Waals surface area contributed by atoms with Gasteiger partial charge < -0.3 is 10.5 Å². The molecule has 0 aromatic heterocycles. The monoisotopic (exact) mass is 283 g/mol. The highest BCUT2D eigenvalue weighted by Gasteiger charge is 2.22. The molecular formula is C13H18BrNO. The minimum absolute atomic E-state index is 0.386. The second kappa shape index (κ2) is 5.19. The molecule has 0 radical (unpaired) electrons. The molecule has 1 atom stereocenters. The summed E-state index contributed by atoms with van der Waals surface area (Å²) >= 11 is 3.52. The molecule has 1 fully saturated rings. The molecule has 0 saturated heterocycles. The smallest absolute Gasteiger partial charge is 0.133 e. The number of nitrogens with two attached hydrogens (primary N) is 1. The van der Waals surface area contributed by atoms with Crippen molar-refractivity contribution in [2.24, 2.45) is 11.7 Å². The lowest BCUT2D eigenvalue weighted by Crippen LogP contribution is -2.09. The summed E-state index contributed by atoms with van der Waals surface area (Å²) in [5.74, 6) is 2.11. The van der Waals surface area contributed by atoms with Gasteiger partial charge in [-0.3, -0.25) is 0 Å². The van der Waals surface area contributed by atoms with Gasteiger partial charge in [-0.25, -0.2) is 0 Å². The van der Waals surface area contributed by atoms with Gasteiger partial charge in [0.2, 0.25) is 0 Å². The zero-order valence-electron chi connectivity index (χ0n) is 9.58. The Morgan fingerprint density at radius 3 is 2.88 bits per heavy atom. The summed E-state index contributed by atoms with van der Waals surface area (Å²) in [5.41, 5.74) is 6.92. The molecule has 1 unspecified atom stereocenters.